The van der Waals surface area contributed by atoms with Crippen molar-refractivity contribution in [1.82, 2.24) is 28.7 Å². The van der Waals surface area contributed by atoms with Gasteiger partial charge in [-0.25, -0.2) is 18.7 Å². The molecule has 0 aliphatic carbocycles. The third-order valence-corrected chi connectivity index (χ3v) is 7.36. The van der Waals surface area contributed by atoms with E-state index in [1.165, 1.54) is 41.0 Å². The molecule has 6 aromatic rings. The SMILES string of the molecule is CC(C)Cn1c(Cn2ccnc(N)c2=O)cc2cc(F)ccc21.CCc1cc2cc(F)ccc2n1CC(C)C.Nc1ncc[nH]c1=O. The highest BCUT2D eigenvalue weighted by Gasteiger charge is 2.13. The van der Waals surface area contributed by atoms with E-state index in [9.17, 15) is 18.4 Å². The normalized spacial score (nSPS) is 11.1. The van der Waals surface area contributed by atoms with Crippen LogP contribution in [-0.2, 0) is 26.1 Å². The summed E-state index contributed by atoms with van der Waals surface area (Å²) in [4.78, 5) is 32.1. The number of benzene rings is 2. The molecular formula is C35H42F2N8O2. The maximum Gasteiger partial charge on any atom is 0.293 e. The van der Waals surface area contributed by atoms with Crippen molar-refractivity contribution in [3.05, 3.63) is 117 Å². The van der Waals surface area contributed by atoms with Crippen molar-refractivity contribution in [1.29, 1.82) is 0 Å². The van der Waals surface area contributed by atoms with Crippen molar-refractivity contribution < 1.29 is 8.78 Å². The smallest absolute Gasteiger partial charge is 0.293 e. The van der Waals surface area contributed by atoms with Crippen LogP contribution in [0.4, 0.5) is 20.4 Å². The molecule has 0 unspecified atom stereocenters. The first-order chi connectivity index (χ1) is 22.4. The molecule has 4 heterocycles. The lowest BCUT2D eigenvalue weighted by atomic mass is 10.2. The first-order valence-corrected chi connectivity index (χ1v) is 15.5. The summed E-state index contributed by atoms with van der Waals surface area (Å²) in [6.45, 7) is 12.9. The number of fused-ring (bicyclic) bond motifs is 2. The summed E-state index contributed by atoms with van der Waals surface area (Å²) in [5.74, 6) is 0.588. The van der Waals surface area contributed by atoms with Crippen LogP contribution < -0.4 is 22.6 Å². The van der Waals surface area contributed by atoms with E-state index in [2.05, 4.69) is 64.8 Å². The molecule has 0 spiro atoms. The standard InChI is InChI=1S/C17H19FN4O.C14H18FN.C4H5N3O/c1-11(2)9-22-14(8-12-7-13(18)3-4-15(12)22)10-21-6-5-20-16(19)17(21)23;1-4-13-8-11-7-12(15)5-6-14(11)16(13)9-10(2)3;5-3-4(8)7-2-1-6-3/h3-8,11H,9-10H2,1-2H3,(H2,19,20);5-8,10H,4,9H2,1-3H3;1-2H,(H2,5,6)(H,7,8). The third kappa shape index (κ3) is 8.72. The molecular weight excluding hydrogens is 602 g/mol. The third-order valence-electron chi connectivity index (χ3n) is 7.36. The molecule has 0 aliphatic heterocycles. The number of nitrogens with two attached hydrogens (primary N) is 2. The Hall–Kier alpha value is -5.26. The molecule has 6 rings (SSSR count). The number of aromatic amines is 1. The maximum absolute atomic E-state index is 13.5. The minimum absolute atomic E-state index is 0.00694. The highest BCUT2D eigenvalue weighted by atomic mass is 19.1. The monoisotopic (exact) mass is 644 g/mol. The fourth-order valence-electron chi connectivity index (χ4n) is 5.31. The van der Waals surface area contributed by atoms with Crippen molar-refractivity contribution in [2.75, 3.05) is 11.5 Å². The average molecular weight is 645 g/mol. The molecule has 47 heavy (non-hydrogen) atoms. The van der Waals surface area contributed by atoms with Crippen molar-refractivity contribution in [2.45, 2.75) is 60.7 Å². The van der Waals surface area contributed by atoms with Crippen LogP contribution in [0.5, 0.6) is 0 Å². The Balaban J connectivity index is 0.000000180. The van der Waals surface area contributed by atoms with Gasteiger partial charge in [-0.2, -0.15) is 0 Å². The van der Waals surface area contributed by atoms with E-state index in [1.807, 2.05) is 12.1 Å². The van der Waals surface area contributed by atoms with Gasteiger partial charge < -0.3 is 30.2 Å². The van der Waals surface area contributed by atoms with E-state index in [4.69, 9.17) is 11.5 Å². The molecule has 12 heteroatoms. The van der Waals surface area contributed by atoms with Gasteiger partial charge in [-0.3, -0.25) is 9.59 Å². The molecule has 0 radical (unpaired) electrons. The summed E-state index contributed by atoms with van der Waals surface area (Å²) in [5.41, 5.74) is 14.3. The van der Waals surface area contributed by atoms with Crippen molar-refractivity contribution in [3.63, 3.8) is 0 Å². The summed E-state index contributed by atoms with van der Waals surface area (Å²) < 4.78 is 32.6. The van der Waals surface area contributed by atoms with Crippen LogP contribution in [0.3, 0.4) is 0 Å². The van der Waals surface area contributed by atoms with Gasteiger partial charge in [0.15, 0.2) is 11.6 Å². The summed E-state index contributed by atoms with van der Waals surface area (Å²) in [7, 11) is 0. The molecule has 2 aromatic carbocycles. The van der Waals surface area contributed by atoms with Crippen LogP contribution in [0.2, 0.25) is 0 Å². The fourth-order valence-corrected chi connectivity index (χ4v) is 5.31. The van der Waals surface area contributed by atoms with Gasteiger partial charge in [0, 0.05) is 71.1 Å². The second-order valence-electron chi connectivity index (χ2n) is 12.1. The van der Waals surface area contributed by atoms with Gasteiger partial charge in [0.2, 0.25) is 0 Å². The number of rotatable bonds is 7. The molecule has 0 amide bonds. The van der Waals surface area contributed by atoms with E-state index >= 15 is 0 Å². The highest BCUT2D eigenvalue weighted by molar-refractivity contribution is 5.82. The predicted octanol–water partition coefficient (Wildman–Crippen LogP) is 5.97. The second kappa shape index (κ2) is 15.4. The highest BCUT2D eigenvalue weighted by Crippen LogP contribution is 2.24. The Kier molecular flexibility index (Phi) is 11.3. The minimum Gasteiger partial charge on any atom is -0.379 e. The molecule has 4 aromatic heterocycles. The number of H-pyrrole nitrogens is 1. The van der Waals surface area contributed by atoms with E-state index < -0.39 is 0 Å². The molecule has 10 nitrogen and oxygen atoms in total. The van der Waals surface area contributed by atoms with Crippen molar-refractivity contribution >= 4 is 33.4 Å². The Morgan fingerprint density at radius 2 is 1.30 bits per heavy atom. The maximum atomic E-state index is 13.5. The topological polar surface area (TPSA) is 143 Å². The van der Waals surface area contributed by atoms with Crippen molar-refractivity contribution in [3.8, 4) is 0 Å². The first kappa shape index (κ1) is 34.6. The minimum atomic E-state index is -0.340. The molecule has 0 bridgehead atoms. The number of nitrogens with one attached hydrogen (secondary N) is 1. The molecule has 248 valence electrons. The van der Waals surface area contributed by atoms with E-state index in [1.54, 1.807) is 24.4 Å². The van der Waals surface area contributed by atoms with E-state index in [0.717, 1.165) is 47.0 Å². The largest absolute Gasteiger partial charge is 0.379 e. The van der Waals surface area contributed by atoms with E-state index in [0.29, 0.717) is 18.4 Å². The molecule has 0 aliphatic rings. The van der Waals surface area contributed by atoms with Crippen LogP contribution in [0, 0.1) is 23.5 Å². The van der Waals surface area contributed by atoms with Crippen LogP contribution in [0.1, 0.15) is 46.0 Å². The zero-order chi connectivity index (χ0) is 34.2. The molecule has 0 fully saturated rings. The van der Waals surface area contributed by atoms with Gasteiger partial charge in [-0.1, -0.05) is 34.6 Å². The average Bonchev–Trinajstić information content (AvgIpc) is 3.52. The van der Waals surface area contributed by atoms with Crippen LogP contribution in [0.15, 0.2) is 82.9 Å². The summed E-state index contributed by atoms with van der Waals surface area (Å²) in [6, 6.07) is 13.8. The Morgan fingerprint density at radius 3 is 1.79 bits per heavy atom. The number of hydrogen-bond acceptors (Lipinski definition) is 6. The Morgan fingerprint density at radius 1 is 0.766 bits per heavy atom. The number of nitrogens with zero attached hydrogens (tertiary/aromatic N) is 5. The van der Waals surface area contributed by atoms with Gasteiger partial charge in [-0.15, -0.1) is 0 Å². The predicted molar refractivity (Wildman–Crippen MR) is 184 cm³/mol. The zero-order valence-electron chi connectivity index (χ0n) is 27.4. The summed E-state index contributed by atoms with van der Waals surface area (Å²) in [5, 5.41) is 1.84. The van der Waals surface area contributed by atoms with Crippen LogP contribution >= 0.6 is 0 Å². The molecule has 0 atom stereocenters. The van der Waals surface area contributed by atoms with E-state index in [-0.39, 0.29) is 34.4 Å². The Labute approximate surface area is 271 Å². The number of anilines is 2. The number of halogens is 2. The van der Waals surface area contributed by atoms with Gasteiger partial charge in [0.05, 0.1) is 6.54 Å². The number of nitrogen functional groups attached to an aromatic ring is 2. The molecule has 0 saturated heterocycles. The number of hydrogen-bond donors (Lipinski definition) is 3. The zero-order valence-corrected chi connectivity index (χ0v) is 27.4. The quantitative estimate of drug-likeness (QED) is 0.195. The summed E-state index contributed by atoms with van der Waals surface area (Å²) in [6.07, 6.45) is 6.96. The lowest BCUT2D eigenvalue weighted by Crippen LogP contribution is -2.25. The van der Waals surface area contributed by atoms with Gasteiger partial charge in [0.1, 0.15) is 11.6 Å². The van der Waals surface area contributed by atoms with Crippen LogP contribution in [0.25, 0.3) is 21.8 Å². The van der Waals surface area contributed by atoms with Crippen LogP contribution in [-0.4, -0.2) is 28.7 Å². The second-order valence-corrected chi connectivity index (χ2v) is 12.1. The van der Waals surface area contributed by atoms with Gasteiger partial charge in [-0.05, 0) is 66.8 Å². The van der Waals surface area contributed by atoms with Crippen molar-refractivity contribution in [2.24, 2.45) is 11.8 Å². The molecule has 0 saturated carbocycles. The Bertz CT molecular complexity index is 2070. The number of aryl methyl sites for hydroxylation is 1. The van der Waals surface area contributed by atoms with Gasteiger partial charge >= 0.3 is 0 Å². The first-order valence-electron chi connectivity index (χ1n) is 15.5. The summed E-state index contributed by atoms with van der Waals surface area (Å²) >= 11 is 0. The lowest BCUT2D eigenvalue weighted by molar-refractivity contribution is 0.514. The van der Waals surface area contributed by atoms with Gasteiger partial charge in [0.25, 0.3) is 11.1 Å². The molecule has 5 N–H and O–H groups in total. The lowest BCUT2D eigenvalue weighted by Gasteiger charge is -2.14. The number of aromatic nitrogens is 6. The fraction of sp³-hybridized carbons (Fsp3) is 0.314.